The average Bonchev–Trinajstić information content (AvgIpc) is 3.30. The minimum atomic E-state index is -0.187. The third kappa shape index (κ3) is 3.60. The smallest absolute Gasteiger partial charge is 0.257 e. The molecule has 2 aromatic rings. The summed E-state index contributed by atoms with van der Waals surface area (Å²) in [4.78, 5) is 15.5. The predicted octanol–water partition coefficient (Wildman–Crippen LogP) is 3.69. The highest BCUT2D eigenvalue weighted by Crippen LogP contribution is 2.37. The number of piperidine rings is 1. The Morgan fingerprint density at radius 3 is 2.36 bits per heavy atom. The van der Waals surface area contributed by atoms with Crippen molar-refractivity contribution in [2.45, 2.75) is 52.4 Å². The molecule has 28 heavy (non-hydrogen) atoms. The van der Waals surface area contributed by atoms with Crippen LogP contribution < -0.4 is 5.32 Å². The van der Waals surface area contributed by atoms with Crippen molar-refractivity contribution < 1.29 is 4.79 Å². The van der Waals surface area contributed by atoms with Crippen molar-refractivity contribution in [2.75, 3.05) is 26.2 Å². The predicted molar refractivity (Wildman–Crippen MR) is 112 cm³/mol. The van der Waals surface area contributed by atoms with Crippen LogP contribution >= 0.6 is 0 Å². The second kappa shape index (κ2) is 7.03. The van der Waals surface area contributed by atoms with Crippen LogP contribution in [0.25, 0.3) is 5.69 Å². The summed E-state index contributed by atoms with van der Waals surface area (Å²) >= 11 is 0. The van der Waals surface area contributed by atoms with E-state index in [0.717, 1.165) is 56.0 Å². The first-order valence-corrected chi connectivity index (χ1v) is 10.4. The van der Waals surface area contributed by atoms with Gasteiger partial charge in [-0.2, -0.15) is 5.10 Å². The Kier molecular flexibility index (Phi) is 4.82. The Hall–Kier alpha value is -2.14. The van der Waals surface area contributed by atoms with Gasteiger partial charge in [-0.25, -0.2) is 4.68 Å². The van der Waals surface area contributed by atoms with Crippen molar-refractivity contribution in [3.8, 4) is 5.69 Å². The number of hydrogen-bond acceptors (Lipinski definition) is 3. The monoisotopic (exact) mass is 380 g/mol. The van der Waals surface area contributed by atoms with Gasteiger partial charge in [0.05, 0.1) is 16.9 Å². The molecule has 0 aliphatic carbocycles. The second-order valence-electron chi connectivity index (χ2n) is 9.64. The summed E-state index contributed by atoms with van der Waals surface area (Å²) < 4.78 is 1.86. The molecular weight excluding hydrogens is 348 g/mol. The van der Waals surface area contributed by atoms with Gasteiger partial charge in [-0.15, -0.1) is 0 Å². The Labute approximate surface area is 168 Å². The summed E-state index contributed by atoms with van der Waals surface area (Å²) in [5.41, 5.74) is 4.05. The van der Waals surface area contributed by atoms with E-state index in [4.69, 9.17) is 5.10 Å². The molecule has 0 bridgehead atoms. The minimum Gasteiger partial charge on any atom is -0.338 e. The number of benzene rings is 1. The van der Waals surface area contributed by atoms with Crippen LogP contribution in [0.5, 0.6) is 0 Å². The molecule has 2 aliphatic rings. The standard InChI is InChI=1S/C23H32N4O/c1-17-5-7-18(8-6-17)27-15-19(20(25-27)22(2,3)4)21(28)26-13-10-23(11-14-26)9-12-24-16-23/h5-8,15,24H,9-14,16H2,1-4H3. The van der Waals surface area contributed by atoms with Crippen molar-refractivity contribution >= 4 is 5.91 Å². The average molecular weight is 381 g/mol. The number of rotatable bonds is 2. The first-order valence-electron chi connectivity index (χ1n) is 10.4. The molecule has 4 rings (SSSR count). The van der Waals surface area contributed by atoms with Gasteiger partial charge < -0.3 is 10.2 Å². The molecule has 1 N–H and O–H groups in total. The Balaban J connectivity index is 1.60. The summed E-state index contributed by atoms with van der Waals surface area (Å²) in [5, 5.41) is 8.32. The number of likely N-dealkylation sites (tertiary alicyclic amines) is 1. The molecule has 2 fully saturated rings. The summed E-state index contributed by atoms with van der Waals surface area (Å²) in [5.74, 6) is 0.129. The number of amides is 1. The molecule has 5 nitrogen and oxygen atoms in total. The third-order valence-electron chi connectivity index (χ3n) is 6.40. The van der Waals surface area contributed by atoms with E-state index in [1.807, 2.05) is 15.8 Å². The molecule has 1 aromatic heterocycles. The molecule has 0 radical (unpaired) electrons. The van der Waals surface area contributed by atoms with Crippen molar-refractivity contribution in [2.24, 2.45) is 5.41 Å². The molecule has 3 heterocycles. The topological polar surface area (TPSA) is 50.2 Å². The maximum absolute atomic E-state index is 13.4. The van der Waals surface area contributed by atoms with Crippen molar-refractivity contribution in [3.05, 3.63) is 47.3 Å². The molecule has 1 spiro atoms. The lowest BCUT2D eigenvalue weighted by Crippen LogP contribution is -2.44. The Bertz CT molecular complexity index is 844. The van der Waals surface area contributed by atoms with E-state index < -0.39 is 0 Å². The maximum Gasteiger partial charge on any atom is 0.257 e. The molecule has 5 heteroatoms. The lowest BCUT2D eigenvalue weighted by molar-refractivity contribution is 0.0605. The summed E-state index contributed by atoms with van der Waals surface area (Å²) in [6, 6.07) is 8.27. The van der Waals surface area contributed by atoms with Crippen LogP contribution in [0.4, 0.5) is 0 Å². The number of hydrogen-bond donors (Lipinski definition) is 1. The lowest BCUT2D eigenvalue weighted by Gasteiger charge is -2.39. The zero-order chi connectivity index (χ0) is 19.9. The van der Waals surface area contributed by atoms with Crippen LogP contribution in [-0.2, 0) is 5.41 Å². The van der Waals surface area contributed by atoms with E-state index in [9.17, 15) is 4.79 Å². The van der Waals surface area contributed by atoms with Gasteiger partial charge in [-0.3, -0.25) is 4.79 Å². The summed E-state index contributed by atoms with van der Waals surface area (Å²) in [6.07, 6.45) is 5.37. The first kappa shape index (κ1) is 19.2. The van der Waals surface area contributed by atoms with Crippen LogP contribution in [0.3, 0.4) is 0 Å². The van der Waals surface area contributed by atoms with Gasteiger partial charge in [0.25, 0.3) is 5.91 Å². The fourth-order valence-electron chi connectivity index (χ4n) is 4.49. The largest absolute Gasteiger partial charge is 0.338 e. The van der Waals surface area contributed by atoms with Gasteiger partial charge in [0.2, 0.25) is 0 Å². The normalized spacial score (nSPS) is 19.4. The highest BCUT2D eigenvalue weighted by Gasteiger charge is 2.39. The number of aryl methyl sites for hydroxylation is 1. The molecule has 2 aliphatic heterocycles. The third-order valence-corrected chi connectivity index (χ3v) is 6.40. The van der Waals surface area contributed by atoms with Gasteiger partial charge in [0.15, 0.2) is 0 Å². The number of carbonyl (C=O) groups is 1. The van der Waals surface area contributed by atoms with Crippen LogP contribution in [0.15, 0.2) is 30.5 Å². The maximum atomic E-state index is 13.4. The molecule has 0 unspecified atom stereocenters. The fourth-order valence-corrected chi connectivity index (χ4v) is 4.49. The fraction of sp³-hybridized carbons (Fsp3) is 0.565. The van der Waals surface area contributed by atoms with Gasteiger partial charge in [0.1, 0.15) is 0 Å². The summed E-state index contributed by atoms with van der Waals surface area (Å²) in [7, 11) is 0. The molecule has 1 amide bonds. The molecule has 0 saturated carbocycles. The number of carbonyl (C=O) groups excluding carboxylic acids is 1. The zero-order valence-electron chi connectivity index (χ0n) is 17.6. The van der Waals surface area contributed by atoms with E-state index in [0.29, 0.717) is 5.41 Å². The minimum absolute atomic E-state index is 0.129. The number of aromatic nitrogens is 2. The van der Waals surface area contributed by atoms with Gasteiger partial charge >= 0.3 is 0 Å². The Morgan fingerprint density at radius 1 is 1.11 bits per heavy atom. The Morgan fingerprint density at radius 2 is 1.79 bits per heavy atom. The molecule has 2 saturated heterocycles. The molecule has 1 aromatic carbocycles. The van der Waals surface area contributed by atoms with Crippen molar-refractivity contribution in [1.82, 2.24) is 20.0 Å². The van der Waals surface area contributed by atoms with Gasteiger partial charge in [0, 0.05) is 31.2 Å². The SMILES string of the molecule is Cc1ccc(-n2cc(C(=O)N3CCC4(CCNC4)CC3)c(C(C)(C)C)n2)cc1. The first-order chi connectivity index (χ1) is 13.3. The highest BCUT2D eigenvalue weighted by atomic mass is 16.2. The van der Waals surface area contributed by atoms with Crippen LogP contribution in [-0.4, -0.2) is 46.8 Å². The van der Waals surface area contributed by atoms with E-state index in [1.165, 1.54) is 12.0 Å². The zero-order valence-corrected chi connectivity index (χ0v) is 17.6. The van der Waals surface area contributed by atoms with E-state index in [-0.39, 0.29) is 11.3 Å². The van der Waals surface area contributed by atoms with E-state index >= 15 is 0 Å². The van der Waals surface area contributed by atoms with Crippen LogP contribution in [0.2, 0.25) is 0 Å². The summed E-state index contributed by atoms with van der Waals surface area (Å²) in [6.45, 7) is 12.4. The molecular formula is C23H32N4O. The lowest BCUT2D eigenvalue weighted by atomic mass is 9.77. The number of nitrogens with one attached hydrogen (secondary N) is 1. The van der Waals surface area contributed by atoms with Crippen molar-refractivity contribution in [3.63, 3.8) is 0 Å². The van der Waals surface area contributed by atoms with Gasteiger partial charge in [-0.1, -0.05) is 38.5 Å². The van der Waals surface area contributed by atoms with E-state index in [2.05, 4.69) is 57.3 Å². The molecule has 0 atom stereocenters. The van der Waals surface area contributed by atoms with E-state index in [1.54, 1.807) is 0 Å². The highest BCUT2D eigenvalue weighted by molar-refractivity contribution is 5.95. The van der Waals surface area contributed by atoms with Crippen LogP contribution in [0, 0.1) is 12.3 Å². The quantitative estimate of drug-likeness (QED) is 0.864. The van der Waals surface area contributed by atoms with Crippen molar-refractivity contribution in [1.29, 1.82) is 0 Å². The van der Waals surface area contributed by atoms with Crippen LogP contribution in [0.1, 0.15) is 61.6 Å². The second-order valence-corrected chi connectivity index (χ2v) is 9.64. The number of nitrogens with zero attached hydrogens (tertiary/aromatic N) is 3. The van der Waals surface area contributed by atoms with Gasteiger partial charge in [-0.05, 0) is 50.3 Å². The molecule has 150 valence electrons.